The number of anilines is 3. The SMILES string of the molecule is c1ccc(-c2cc(-c3ccccc3)nc(-c3ccc4c(c3)c3cc5c(cc3n4-c3ccccc3)N(c3cccc(-c4cccnc4)n3)c3cccc4cccc-5c34)c2)cc1. The number of para-hydroxylation sites is 1. The van der Waals surface area contributed by atoms with Crippen molar-refractivity contribution >= 4 is 49.8 Å². The summed E-state index contributed by atoms with van der Waals surface area (Å²) in [6.45, 7) is 0. The average Bonchev–Trinajstić information content (AvgIpc) is 3.64. The van der Waals surface area contributed by atoms with Gasteiger partial charge in [-0.1, -0.05) is 121 Å². The summed E-state index contributed by atoms with van der Waals surface area (Å²) >= 11 is 0. The number of rotatable bonds is 6. The second-order valence-corrected chi connectivity index (χ2v) is 15.3. The van der Waals surface area contributed by atoms with Crippen LogP contribution >= 0.6 is 0 Å². The van der Waals surface area contributed by atoms with Gasteiger partial charge in [0.2, 0.25) is 0 Å². The van der Waals surface area contributed by atoms with Gasteiger partial charge in [0.05, 0.1) is 39.5 Å². The van der Waals surface area contributed by atoms with Crippen molar-refractivity contribution < 1.29 is 0 Å². The summed E-state index contributed by atoms with van der Waals surface area (Å²) in [6, 6.07) is 71.3. The van der Waals surface area contributed by atoms with Gasteiger partial charge in [0.15, 0.2) is 0 Å². The van der Waals surface area contributed by atoms with Crippen molar-refractivity contribution in [2.24, 2.45) is 0 Å². The van der Waals surface area contributed by atoms with Crippen LogP contribution in [0.2, 0.25) is 0 Å². The number of pyridine rings is 3. The van der Waals surface area contributed by atoms with Crippen LogP contribution in [0, 0.1) is 0 Å². The van der Waals surface area contributed by atoms with Crippen molar-refractivity contribution in [2.75, 3.05) is 4.90 Å². The number of hydrogen-bond donors (Lipinski definition) is 0. The Morgan fingerprint density at radius 3 is 1.87 bits per heavy atom. The first-order valence-corrected chi connectivity index (χ1v) is 20.3. The molecule has 7 aromatic carbocycles. The quantitative estimate of drug-likeness (QED) is 0.169. The van der Waals surface area contributed by atoms with E-state index in [2.05, 4.69) is 209 Å². The maximum atomic E-state index is 5.32. The van der Waals surface area contributed by atoms with Crippen LogP contribution < -0.4 is 4.90 Å². The molecule has 0 N–H and O–H groups in total. The first-order chi connectivity index (χ1) is 29.7. The maximum Gasteiger partial charge on any atom is 0.138 e. The molecule has 0 fully saturated rings. The highest BCUT2D eigenvalue weighted by Gasteiger charge is 2.29. The van der Waals surface area contributed by atoms with Gasteiger partial charge in [-0.05, 0) is 101 Å². The van der Waals surface area contributed by atoms with Gasteiger partial charge < -0.3 is 4.57 Å². The molecule has 1 aliphatic heterocycles. The highest BCUT2D eigenvalue weighted by Crippen LogP contribution is 2.53. The lowest BCUT2D eigenvalue weighted by Gasteiger charge is -2.33. The van der Waals surface area contributed by atoms with Crippen LogP contribution in [0.1, 0.15) is 0 Å². The number of benzene rings is 7. The molecule has 5 heterocycles. The third-order valence-corrected chi connectivity index (χ3v) is 11.8. The molecule has 0 bridgehead atoms. The zero-order valence-electron chi connectivity index (χ0n) is 32.4. The lowest BCUT2D eigenvalue weighted by Crippen LogP contribution is -2.16. The summed E-state index contributed by atoms with van der Waals surface area (Å²) in [5.74, 6) is 0.849. The molecule has 4 aromatic heterocycles. The maximum absolute atomic E-state index is 5.32. The molecule has 1 aliphatic rings. The first kappa shape index (κ1) is 33.9. The molecule has 0 unspecified atom stereocenters. The highest BCUT2D eigenvalue weighted by molar-refractivity contribution is 6.19. The van der Waals surface area contributed by atoms with Crippen molar-refractivity contribution in [1.29, 1.82) is 0 Å². The third-order valence-electron chi connectivity index (χ3n) is 11.8. The molecule has 0 saturated heterocycles. The Hall–Kier alpha value is -8.15. The second-order valence-electron chi connectivity index (χ2n) is 15.3. The highest BCUT2D eigenvalue weighted by atomic mass is 15.2. The molecule has 0 amide bonds. The Morgan fingerprint density at radius 2 is 1.08 bits per heavy atom. The van der Waals surface area contributed by atoms with Crippen LogP contribution in [-0.4, -0.2) is 19.5 Å². The topological polar surface area (TPSA) is 46.8 Å². The number of aromatic nitrogens is 4. The van der Waals surface area contributed by atoms with Gasteiger partial charge in [0.25, 0.3) is 0 Å². The minimum Gasteiger partial charge on any atom is -0.309 e. The van der Waals surface area contributed by atoms with Gasteiger partial charge >= 0.3 is 0 Å². The summed E-state index contributed by atoms with van der Waals surface area (Å²) in [5, 5.41) is 4.74. The lowest BCUT2D eigenvalue weighted by atomic mass is 9.90. The fourth-order valence-corrected chi connectivity index (χ4v) is 9.03. The fraction of sp³-hybridized carbons (Fsp3) is 0. The third kappa shape index (κ3) is 5.52. The van der Waals surface area contributed by atoms with Crippen LogP contribution in [0.25, 0.3) is 94.3 Å². The molecule has 280 valence electrons. The largest absolute Gasteiger partial charge is 0.309 e. The Bertz CT molecular complexity index is 3350. The standard InChI is InChI=1S/C55H35N5/c1-4-14-36(15-5-1)41-31-48(37-16-6-2-7-17-37)57-49(32-41)39-27-28-50-44(30-39)46-33-45-43-23-10-18-38-19-11-25-51(55(38)43)60(53(45)34-52(46)59(50)42-21-8-3-9-22-42)54-26-12-24-47(58-54)40-20-13-29-56-35-40/h1-35H. The van der Waals surface area contributed by atoms with E-state index in [1.807, 2.05) is 12.3 Å². The molecule has 0 atom stereocenters. The van der Waals surface area contributed by atoms with E-state index in [0.717, 1.165) is 89.8 Å². The normalized spacial score (nSPS) is 12.0. The van der Waals surface area contributed by atoms with E-state index in [1.165, 1.54) is 21.7 Å². The molecule has 0 saturated carbocycles. The fourth-order valence-electron chi connectivity index (χ4n) is 9.03. The van der Waals surface area contributed by atoms with Gasteiger partial charge in [-0.15, -0.1) is 0 Å². The summed E-state index contributed by atoms with van der Waals surface area (Å²) in [6.07, 6.45) is 3.67. The minimum absolute atomic E-state index is 0.849. The Kier molecular flexibility index (Phi) is 7.78. The molecule has 5 nitrogen and oxygen atoms in total. The van der Waals surface area contributed by atoms with Gasteiger partial charge in [0.1, 0.15) is 5.82 Å². The van der Waals surface area contributed by atoms with E-state index in [-0.39, 0.29) is 0 Å². The van der Waals surface area contributed by atoms with Gasteiger partial charge in [-0.25, -0.2) is 9.97 Å². The smallest absolute Gasteiger partial charge is 0.138 e. The van der Waals surface area contributed by atoms with Crippen LogP contribution in [-0.2, 0) is 0 Å². The van der Waals surface area contributed by atoms with E-state index in [0.29, 0.717) is 0 Å². The van der Waals surface area contributed by atoms with E-state index in [1.54, 1.807) is 6.20 Å². The number of nitrogens with zero attached hydrogens (tertiary/aromatic N) is 5. The zero-order chi connectivity index (χ0) is 39.6. The summed E-state index contributed by atoms with van der Waals surface area (Å²) in [5.41, 5.74) is 16.1. The predicted molar refractivity (Wildman–Crippen MR) is 247 cm³/mol. The van der Waals surface area contributed by atoms with E-state index >= 15 is 0 Å². The van der Waals surface area contributed by atoms with Gasteiger partial charge in [0, 0.05) is 56.5 Å². The number of hydrogen-bond acceptors (Lipinski definition) is 4. The van der Waals surface area contributed by atoms with Gasteiger partial charge in [-0.3, -0.25) is 9.88 Å². The van der Waals surface area contributed by atoms with Crippen molar-refractivity contribution in [3.05, 3.63) is 213 Å². The molecule has 60 heavy (non-hydrogen) atoms. The van der Waals surface area contributed by atoms with Crippen LogP contribution in [0.15, 0.2) is 213 Å². The van der Waals surface area contributed by atoms with Crippen LogP contribution in [0.5, 0.6) is 0 Å². The van der Waals surface area contributed by atoms with E-state index in [9.17, 15) is 0 Å². The van der Waals surface area contributed by atoms with Crippen LogP contribution in [0.4, 0.5) is 17.2 Å². The lowest BCUT2D eigenvalue weighted by molar-refractivity contribution is 1.16. The van der Waals surface area contributed by atoms with E-state index in [4.69, 9.17) is 9.97 Å². The Labute approximate surface area is 347 Å². The van der Waals surface area contributed by atoms with Crippen molar-refractivity contribution in [3.63, 3.8) is 0 Å². The van der Waals surface area contributed by atoms with Gasteiger partial charge in [-0.2, -0.15) is 0 Å². The molecule has 0 radical (unpaired) electrons. The minimum atomic E-state index is 0.849. The Balaban J connectivity index is 1.13. The van der Waals surface area contributed by atoms with Crippen molar-refractivity contribution in [2.45, 2.75) is 0 Å². The monoisotopic (exact) mass is 765 g/mol. The molecule has 5 heteroatoms. The summed E-state index contributed by atoms with van der Waals surface area (Å²) in [4.78, 5) is 17.4. The molecule has 0 aliphatic carbocycles. The molecular weight excluding hydrogens is 731 g/mol. The van der Waals surface area contributed by atoms with Crippen molar-refractivity contribution in [1.82, 2.24) is 19.5 Å². The van der Waals surface area contributed by atoms with Crippen molar-refractivity contribution in [3.8, 4) is 61.7 Å². The molecule has 11 aromatic rings. The predicted octanol–water partition coefficient (Wildman–Crippen LogP) is 14.2. The van der Waals surface area contributed by atoms with E-state index < -0.39 is 0 Å². The molecule has 12 rings (SSSR count). The van der Waals surface area contributed by atoms with Crippen LogP contribution in [0.3, 0.4) is 0 Å². The molecular formula is C55H35N5. The number of fused-ring (bicyclic) bond motifs is 5. The first-order valence-electron chi connectivity index (χ1n) is 20.3. The molecule has 0 spiro atoms. The summed E-state index contributed by atoms with van der Waals surface area (Å²) in [7, 11) is 0. The Morgan fingerprint density at radius 1 is 0.383 bits per heavy atom. The summed E-state index contributed by atoms with van der Waals surface area (Å²) < 4.78 is 2.40. The second kappa shape index (κ2) is 13.8. The average molecular weight is 766 g/mol. The zero-order valence-corrected chi connectivity index (χ0v) is 32.4.